The van der Waals surface area contributed by atoms with Crippen LogP contribution in [0.4, 0.5) is 10.2 Å². The minimum Gasteiger partial charge on any atom is -0.351 e. The summed E-state index contributed by atoms with van der Waals surface area (Å²) in [4.78, 5) is 15.7. The van der Waals surface area contributed by atoms with Gasteiger partial charge in [-0.1, -0.05) is 49.4 Å². The van der Waals surface area contributed by atoms with Crippen molar-refractivity contribution in [3.05, 3.63) is 65.6 Å². The first-order chi connectivity index (χ1) is 13.5. The molecule has 2 aromatic rings. The average molecular weight is 381 g/mol. The molecule has 1 heterocycles. The SMILES string of the molecule is CCC(/C=N/C1C=CCC(F)C1c1ccccc1)N(C)c1ncnc(C)c1C. The fourth-order valence-electron chi connectivity index (χ4n) is 3.77. The van der Waals surface area contributed by atoms with Crippen LogP contribution in [0.3, 0.4) is 0 Å². The van der Waals surface area contributed by atoms with E-state index in [-0.39, 0.29) is 18.0 Å². The van der Waals surface area contributed by atoms with Crippen LogP contribution in [0, 0.1) is 13.8 Å². The quantitative estimate of drug-likeness (QED) is 0.532. The fourth-order valence-corrected chi connectivity index (χ4v) is 3.77. The second kappa shape index (κ2) is 9.09. The number of aryl methyl sites for hydroxylation is 1. The molecule has 0 fully saturated rings. The number of halogens is 1. The highest BCUT2D eigenvalue weighted by atomic mass is 19.1. The summed E-state index contributed by atoms with van der Waals surface area (Å²) in [6, 6.07) is 9.76. The van der Waals surface area contributed by atoms with Crippen LogP contribution in [0.15, 0.2) is 53.8 Å². The molecule has 4 atom stereocenters. The van der Waals surface area contributed by atoms with Crippen molar-refractivity contribution in [3.8, 4) is 0 Å². The largest absolute Gasteiger partial charge is 0.351 e. The first kappa shape index (κ1) is 20.2. The van der Waals surface area contributed by atoms with Gasteiger partial charge in [0.25, 0.3) is 0 Å². The molecule has 3 rings (SSSR count). The Morgan fingerprint density at radius 3 is 2.71 bits per heavy atom. The van der Waals surface area contributed by atoms with Crippen molar-refractivity contribution in [2.45, 2.75) is 57.8 Å². The van der Waals surface area contributed by atoms with E-state index in [2.05, 4.69) is 21.8 Å². The summed E-state index contributed by atoms with van der Waals surface area (Å²) in [6.07, 6.45) is 7.92. The molecule has 4 unspecified atom stereocenters. The van der Waals surface area contributed by atoms with E-state index in [1.165, 1.54) is 0 Å². The number of aliphatic imine (C=N–C) groups is 1. The Bertz CT molecular complexity index is 834. The molecule has 0 saturated heterocycles. The van der Waals surface area contributed by atoms with Gasteiger partial charge in [0.1, 0.15) is 18.3 Å². The third-order valence-electron chi connectivity index (χ3n) is 5.63. The van der Waals surface area contributed by atoms with E-state index < -0.39 is 6.17 Å². The van der Waals surface area contributed by atoms with Gasteiger partial charge in [-0.15, -0.1) is 0 Å². The predicted octanol–water partition coefficient (Wildman–Crippen LogP) is 4.83. The van der Waals surface area contributed by atoms with Crippen molar-refractivity contribution in [1.29, 1.82) is 0 Å². The number of alkyl halides is 1. The van der Waals surface area contributed by atoms with E-state index in [1.807, 2.05) is 69.6 Å². The van der Waals surface area contributed by atoms with E-state index in [9.17, 15) is 4.39 Å². The van der Waals surface area contributed by atoms with Gasteiger partial charge in [0, 0.05) is 30.4 Å². The van der Waals surface area contributed by atoms with Crippen molar-refractivity contribution >= 4 is 12.0 Å². The van der Waals surface area contributed by atoms with Crippen molar-refractivity contribution in [1.82, 2.24) is 9.97 Å². The zero-order valence-corrected chi connectivity index (χ0v) is 17.1. The number of anilines is 1. The summed E-state index contributed by atoms with van der Waals surface area (Å²) in [7, 11) is 2.03. The van der Waals surface area contributed by atoms with Crippen LogP contribution in [0.1, 0.15) is 42.5 Å². The summed E-state index contributed by atoms with van der Waals surface area (Å²) in [5, 5.41) is 0. The Balaban J connectivity index is 1.83. The van der Waals surface area contributed by atoms with Gasteiger partial charge in [0.2, 0.25) is 0 Å². The van der Waals surface area contributed by atoms with Gasteiger partial charge in [-0.05, 0) is 32.3 Å². The number of benzene rings is 1. The summed E-state index contributed by atoms with van der Waals surface area (Å²) in [5.41, 5.74) is 3.05. The van der Waals surface area contributed by atoms with Crippen LogP contribution < -0.4 is 4.90 Å². The molecule has 4 nitrogen and oxygen atoms in total. The lowest BCUT2D eigenvalue weighted by Gasteiger charge is -2.30. The molecule has 28 heavy (non-hydrogen) atoms. The van der Waals surface area contributed by atoms with Crippen molar-refractivity contribution in [2.24, 2.45) is 4.99 Å². The molecule has 5 heteroatoms. The molecular weight excluding hydrogens is 351 g/mol. The number of nitrogens with zero attached hydrogens (tertiary/aromatic N) is 4. The van der Waals surface area contributed by atoms with Gasteiger partial charge < -0.3 is 4.90 Å². The molecule has 0 aliphatic heterocycles. The standard InChI is InChI=1S/C23H29FN4/c1-5-19(28(4)23-16(2)17(3)26-15-27-23)14-25-21-13-9-12-20(24)22(21)18-10-7-6-8-11-18/h6-11,13-15,19-22H,5,12H2,1-4H3/b25-14+. The third kappa shape index (κ3) is 4.29. The minimum atomic E-state index is -0.917. The second-order valence-electron chi connectivity index (χ2n) is 7.40. The Labute approximate surface area is 167 Å². The highest BCUT2D eigenvalue weighted by Gasteiger charge is 2.31. The summed E-state index contributed by atoms with van der Waals surface area (Å²) in [5.74, 6) is 0.668. The molecule has 1 aliphatic rings. The van der Waals surface area contributed by atoms with Crippen LogP contribution in [0.25, 0.3) is 0 Å². The van der Waals surface area contributed by atoms with E-state index in [0.29, 0.717) is 6.42 Å². The van der Waals surface area contributed by atoms with E-state index in [0.717, 1.165) is 29.1 Å². The molecule has 0 saturated carbocycles. The minimum absolute atomic E-state index is 0.0813. The molecule has 0 N–H and O–H groups in total. The molecule has 1 aliphatic carbocycles. The van der Waals surface area contributed by atoms with Gasteiger partial charge in [-0.2, -0.15) is 0 Å². The fraction of sp³-hybridized carbons (Fsp3) is 0.435. The first-order valence-corrected chi connectivity index (χ1v) is 9.93. The molecular formula is C23H29FN4. The Morgan fingerprint density at radius 1 is 1.25 bits per heavy atom. The predicted molar refractivity (Wildman–Crippen MR) is 114 cm³/mol. The smallest absolute Gasteiger partial charge is 0.135 e. The number of hydrogen-bond acceptors (Lipinski definition) is 4. The average Bonchev–Trinajstić information content (AvgIpc) is 2.71. The van der Waals surface area contributed by atoms with Gasteiger partial charge in [-0.25, -0.2) is 14.4 Å². The maximum atomic E-state index is 14.8. The highest BCUT2D eigenvalue weighted by Crippen LogP contribution is 2.34. The number of hydrogen-bond donors (Lipinski definition) is 0. The zero-order valence-electron chi connectivity index (χ0n) is 17.1. The van der Waals surface area contributed by atoms with E-state index in [1.54, 1.807) is 6.33 Å². The molecule has 0 bridgehead atoms. The molecule has 0 amide bonds. The lowest BCUT2D eigenvalue weighted by atomic mass is 9.82. The van der Waals surface area contributed by atoms with Gasteiger partial charge in [-0.3, -0.25) is 4.99 Å². The lowest BCUT2D eigenvalue weighted by molar-refractivity contribution is 0.261. The number of allylic oxidation sites excluding steroid dienone is 1. The van der Waals surface area contributed by atoms with Crippen LogP contribution in [-0.4, -0.2) is 41.5 Å². The highest BCUT2D eigenvalue weighted by molar-refractivity contribution is 5.71. The Hall–Kier alpha value is -2.56. The lowest BCUT2D eigenvalue weighted by Crippen LogP contribution is -2.35. The van der Waals surface area contributed by atoms with Gasteiger partial charge in [0.15, 0.2) is 0 Å². The van der Waals surface area contributed by atoms with Crippen LogP contribution in [0.2, 0.25) is 0 Å². The Morgan fingerprint density at radius 2 is 2.00 bits per heavy atom. The monoisotopic (exact) mass is 380 g/mol. The van der Waals surface area contributed by atoms with Crippen LogP contribution in [0.5, 0.6) is 0 Å². The van der Waals surface area contributed by atoms with Gasteiger partial charge in [0.05, 0.1) is 12.1 Å². The van der Waals surface area contributed by atoms with Crippen molar-refractivity contribution in [2.75, 3.05) is 11.9 Å². The topological polar surface area (TPSA) is 41.4 Å². The van der Waals surface area contributed by atoms with Crippen LogP contribution >= 0.6 is 0 Å². The summed E-state index contributed by atoms with van der Waals surface area (Å²) >= 11 is 0. The molecule has 0 radical (unpaired) electrons. The number of rotatable bonds is 6. The number of aromatic nitrogens is 2. The summed E-state index contributed by atoms with van der Waals surface area (Å²) in [6.45, 7) is 6.15. The van der Waals surface area contributed by atoms with E-state index in [4.69, 9.17) is 4.99 Å². The molecule has 1 aromatic heterocycles. The molecule has 1 aromatic carbocycles. The first-order valence-electron chi connectivity index (χ1n) is 9.93. The Kier molecular flexibility index (Phi) is 6.55. The normalized spacial score (nSPS) is 23.1. The van der Waals surface area contributed by atoms with E-state index >= 15 is 0 Å². The molecule has 0 spiro atoms. The third-order valence-corrected chi connectivity index (χ3v) is 5.63. The zero-order chi connectivity index (χ0) is 20.1. The van der Waals surface area contributed by atoms with Crippen molar-refractivity contribution < 1.29 is 4.39 Å². The van der Waals surface area contributed by atoms with Crippen LogP contribution in [-0.2, 0) is 0 Å². The summed E-state index contributed by atoms with van der Waals surface area (Å²) < 4.78 is 14.8. The second-order valence-corrected chi connectivity index (χ2v) is 7.40. The maximum Gasteiger partial charge on any atom is 0.135 e. The molecule has 148 valence electrons. The maximum absolute atomic E-state index is 14.8. The van der Waals surface area contributed by atoms with Crippen molar-refractivity contribution in [3.63, 3.8) is 0 Å². The van der Waals surface area contributed by atoms with Gasteiger partial charge >= 0.3 is 0 Å².